The lowest BCUT2D eigenvalue weighted by atomic mass is 9.47. The Labute approximate surface area is 474 Å². The standard InChI is InChI=1S/C60H86N6O15/c1-10-38(33-67)81-48(77-8)34-80-47(69)21-15-20-46(68)62-37(5)51(70)79-27-17-24-61-56(73)60(75)54-59(23-26-66-25-16-22-58(12-3,53(59)66)55(60)72)42-28-40(45(76-7)29-44(42)64(54)6)49(52(71)78-9)50-41(39-18-13-14-19-43(39)63-50)32-65-31-36(4)30-57(74,11-2)35-65/h13-14,16,18-19,22,28-29,36-38,48-49,53-55,63,67,72,74-75H,10-12,15,17,20-21,23-27,30-35H2,1-9H3,(H,61,73)(H,62,68)/t36-,37+,38?,48?,49-,53?,54?,55+,57?,58+,59+,60-/m0/s1. The van der Waals surface area contributed by atoms with E-state index < -0.39 is 88.3 Å². The fraction of sp³-hybridized carbons (Fsp3) is 0.650. The van der Waals surface area contributed by atoms with Gasteiger partial charge >= 0.3 is 17.9 Å². The van der Waals surface area contributed by atoms with Crippen LogP contribution in [0, 0.1) is 11.3 Å². The van der Waals surface area contributed by atoms with E-state index in [1.54, 1.807) is 7.11 Å². The molecule has 0 bridgehead atoms. The SMILES string of the molecule is CCC(CO)OC(COC(=O)CCCC(=O)N[C@H](C)C(=O)OCCCNC(=O)[C@]1(O)C2N(C)c3cc(OC)c([C@H](C(=O)OC)c4[nH]c5ccccc5c4CN4C[C@@H](C)CC(O)(CC)C4)cc3[C@@]23CCN2CC=C[C@](CC)(C23)[C@H]1O)OC. The van der Waals surface area contributed by atoms with Crippen molar-refractivity contribution in [3.8, 4) is 5.75 Å². The molecule has 1 spiro atoms. The van der Waals surface area contributed by atoms with Crippen molar-refractivity contribution < 1.29 is 72.8 Å². The zero-order valence-electron chi connectivity index (χ0n) is 48.6. The van der Waals surface area contributed by atoms with Crippen molar-refractivity contribution in [2.24, 2.45) is 11.3 Å². The summed E-state index contributed by atoms with van der Waals surface area (Å²) in [5.41, 5.74) is -0.931. The molecule has 0 radical (unpaired) electrons. The molecule has 446 valence electrons. The number of ether oxygens (including phenoxy) is 6. The molecule has 3 fully saturated rings. The van der Waals surface area contributed by atoms with Crippen LogP contribution >= 0.6 is 0 Å². The predicted octanol–water partition coefficient (Wildman–Crippen LogP) is 3.69. The minimum Gasteiger partial charge on any atom is -0.496 e. The van der Waals surface area contributed by atoms with Gasteiger partial charge in [0.1, 0.15) is 30.4 Å². The number of para-hydroxylation sites is 1. The van der Waals surface area contributed by atoms with E-state index in [0.29, 0.717) is 81.0 Å². The molecule has 1 saturated carbocycles. The van der Waals surface area contributed by atoms with E-state index in [-0.39, 0.29) is 64.0 Å². The first kappa shape index (κ1) is 61.4. The summed E-state index contributed by atoms with van der Waals surface area (Å²) in [4.78, 5) is 77.8. The van der Waals surface area contributed by atoms with E-state index in [9.17, 15) is 39.6 Å². The number of amides is 2. The summed E-state index contributed by atoms with van der Waals surface area (Å²) in [6.07, 6.45) is 4.01. The number of hydrogen-bond acceptors (Lipinski definition) is 18. The van der Waals surface area contributed by atoms with Gasteiger partial charge in [0.2, 0.25) is 5.91 Å². The van der Waals surface area contributed by atoms with E-state index in [0.717, 1.165) is 28.6 Å². The Morgan fingerprint density at radius 1 is 0.963 bits per heavy atom. The molecule has 5 unspecified atom stereocenters. The van der Waals surface area contributed by atoms with Crippen LogP contribution in [0.15, 0.2) is 48.6 Å². The van der Waals surface area contributed by atoms with Gasteiger partial charge in [0.15, 0.2) is 11.9 Å². The Kier molecular flexibility index (Phi) is 19.3. The maximum Gasteiger partial charge on any atom is 0.328 e. The molecule has 5 aliphatic rings. The van der Waals surface area contributed by atoms with Crippen LogP contribution in [-0.4, -0.2) is 194 Å². The van der Waals surface area contributed by atoms with Gasteiger partial charge in [-0.05, 0) is 87.6 Å². The van der Waals surface area contributed by atoms with Crippen LogP contribution in [-0.2, 0) is 59.6 Å². The maximum absolute atomic E-state index is 15.0. The first-order valence-electron chi connectivity index (χ1n) is 28.8. The van der Waals surface area contributed by atoms with Crippen LogP contribution in [0.4, 0.5) is 5.69 Å². The van der Waals surface area contributed by atoms with Gasteiger partial charge in [-0.1, -0.05) is 58.0 Å². The van der Waals surface area contributed by atoms with Crippen molar-refractivity contribution >= 4 is 46.3 Å². The molecule has 12 atom stereocenters. The Hall–Kier alpha value is -5.65. The number of aliphatic hydroxyl groups excluding tert-OH is 2. The Morgan fingerprint density at radius 2 is 1.73 bits per heavy atom. The number of β-amino-alcohol motifs (C(OH)–C–C–N with tert-alkyl or cyclic N) is 1. The number of anilines is 1. The first-order valence-corrected chi connectivity index (χ1v) is 28.8. The number of hydrogen-bond donors (Lipinski definition) is 7. The molecule has 8 rings (SSSR count). The highest BCUT2D eigenvalue weighted by Crippen LogP contribution is 2.67. The lowest BCUT2D eigenvalue weighted by molar-refractivity contribution is -0.203. The summed E-state index contributed by atoms with van der Waals surface area (Å²) in [5, 5.41) is 53.7. The van der Waals surface area contributed by atoms with E-state index in [1.807, 2.05) is 81.3 Å². The van der Waals surface area contributed by atoms with E-state index >= 15 is 4.79 Å². The molecular formula is C60H86N6O15. The van der Waals surface area contributed by atoms with Crippen LogP contribution in [0.2, 0.25) is 0 Å². The summed E-state index contributed by atoms with van der Waals surface area (Å²) in [6.45, 7) is 11.8. The Balaban J connectivity index is 1.00. The monoisotopic (exact) mass is 1130 g/mol. The molecular weight excluding hydrogens is 1040 g/mol. The third-order valence-electron chi connectivity index (χ3n) is 18.1. The molecule has 1 aromatic heterocycles. The molecule has 3 aromatic rings. The number of methoxy groups -OCH3 is 3. The topological polar surface area (TPSA) is 271 Å². The third-order valence-corrected chi connectivity index (χ3v) is 18.1. The molecule has 4 aliphatic heterocycles. The summed E-state index contributed by atoms with van der Waals surface area (Å²) < 4.78 is 33.3. The number of benzene rings is 2. The van der Waals surface area contributed by atoms with Crippen molar-refractivity contribution in [3.05, 3.63) is 70.9 Å². The average Bonchev–Trinajstić information content (AvgIpc) is 1.62. The normalized spacial score (nSPS) is 28.3. The molecule has 81 heavy (non-hydrogen) atoms. The maximum atomic E-state index is 15.0. The number of aromatic nitrogens is 1. The quantitative estimate of drug-likeness (QED) is 0.0199. The van der Waals surface area contributed by atoms with Crippen LogP contribution in [0.5, 0.6) is 5.75 Å². The van der Waals surface area contributed by atoms with Gasteiger partial charge in [-0.25, -0.2) is 4.79 Å². The number of nitrogens with one attached hydrogen (secondary N) is 3. The second-order valence-electron chi connectivity index (χ2n) is 23.1. The van der Waals surface area contributed by atoms with E-state index in [1.165, 1.54) is 21.1 Å². The van der Waals surface area contributed by atoms with Gasteiger partial charge in [0, 0.05) is 111 Å². The molecule has 21 nitrogen and oxygen atoms in total. The highest BCUT2D eigenvalue weighted by Gasteiger charge is 2.78. The molecule has 5 heterocycles. The van der Waals surface area contributed by atoms with Gasteiger partial charge in [-0.2, -0.15) is 0 Å². The second-order valence-corrected chi connectivity index (χ2v) is 23.1. The molecule has 21 heteroatoms. The smallest absolute Gasteiger partial charge is 0.328 e. The number of H-pyrrole nitrogens is 1. The number of rotatable bonds is 26. The minimum atomic E-state index is -2.41. The van der Waals surface area contributed by atoms with Crippen molar-refractivity contribution in [1.82, 2.24) is 25.4 Å². The van der Waals surface area contributed by atoms with Gasteiger partial charge in [0.05, 0.1) is 45.2 Å². The number of aliphatic hydroxyl groups is 4. The van der Waals surface area contributed by atoms with Crippen molar-refractivity contribution in [2.45, 2.75) is 158 Å². The van der Waals surface area contributed by atoms with Gasteiger partial charge in [-0.3, -0.25) is 29.0 Å². The molecule has 1 aliphatic carbocycles. The van der Waals surface area contributed by atoms with Crippen molar-refractivity contribution in [1.29, 1.82) is 0 Å². The van der Waals surface area contributed by atoms with E-state index in [4.69, 9.17) is 28.4 Å². The summed E-state index contributed by atoms with van der Waals surface area (Å²) in [7, 11) is 6.13. The number of aromatic amines is 1. The largest absolute Gasteiger partial charge is 0.496 e. The molecule has 7 N–H and O–H groups in total. The minimum absolute atomic E-state index is 0.0313. The Bertz CT molecular complexity index is 2790. The lowest BCUT2D eigenvalue weighted by Gasteiger charge is -2.63. The van der Waals surface area contributed by atoms with E-state index in [2.05, 4.69) is 32.3 Å². The number of likely N-dealkylation sites (N-methyl/N-ethyl adjacent to an activating group) is 1. The zero-order chi connectivity index (χ0) is 58.6. The number of esters is 3. The summed E-state index contributed by atoms with van der Waals surface area (Å²) in [6, 6.07) is 9.42. The first-order chi connectivity index (χ1) is 38.7. The van der Waals surface area contributed by atoms with Gasteiger partial charge < -0.3 is 69.4 Å². The summed E-state index contributed by atoms with van der Waals surface area (Å²) >= 11 is 0. The number of fused-ring (bicyclic) bond motifs is 2. The Morgan fingerprint density at radius 3 is 2.42 bits per heavy atom. The second kappa shape index (κ2) is 25.5. The fourth-order valence-corrected chi connectivity index (χ4v) is 14.3. The predicted molar refractivity (Wildman–Crippen MR) is 300 cm³/mol. The third kappa shape index (κ3) is 11.6. The molecule has 2 aromatic carbocycles. The highest BCUT2D eigenvalue weighted by molar-refractivity contribution is 5.93. The van der Waals surface area contributed by atoms with Crippen molar-refractivity contribution in [2.75, 3.05) is 85.8 Å². The van der Waals surface area contributed by atoms with Crippen molar-refractivity contribution in [3.63, 3.8) is 0 Å². The van der Waals surface area contributed by atoms with Crippen LogP contribution in [0.25, 0.3) is 10.9 Å². The van der Waals surface area contributed by atoms with Crippen LogP contribution in [0.3, 0.4) is 0 Å². The zero-order valence-corrected chi connectivity index (χ0v) is 48.6. The van der Waals surface area contributed by atoms with Gasteiger partial charge in [-0.15, -0.1) is 0 Å². The number of carbonyl (C=O) groups excluding carboxylic acids is 5. The molecule has 2 amide bonds. The average molecular weight is 1130 g/mol. The lowest BCUT2D eigenvalue weighted by Crippen LogP contribution is -2.81. The summed E-state index contributed by atoms with van der Waals surface area (Å²) in [5.74, 6) is -3.45. The number of carbonyl (C=O) groups is 5. The molecule has 2 saturated heterocycles. The van der Waals surface area contributed by atoms with Crippen LogP contribution < -0.4 is 20.3 Å². The number of piperidine rings is 1. The highest BCUT2D eigenvalue weighted by atomic mass is 16.7. The number of nitrogens with zero attached hydrogens (tertiary/aromatic N) is 3. The van der Waals surface area contributed by atoms with Gasteiger partial charge in [0.25, 0.3) is 5.91 Å². The number of likely N-dealkylation sites (tertiary alicyclic amines) is 1. The van der Waals surface area contributed by atoms with Crippen LogP contribution in [0.1, 0.15) is 121 Å². The fourth-order valence-electron chi connectivity index (χ4n) is 14.3.